The molecule has 0 aliphatic rings. The number of rotatable bonds is 3. The standard InChI is InChI=1S/C12H16O4/c1-7-5-4-6-9(8(7)2)10(13)11(14)12(15)16-3/h4-6,10-11,13-14H,1-3H3. The van der Waals surface area contributed by atoms with Gasteiger partial charge in [-0.05, 0) is 30.5 Å². The van der Waals surface area contributed by atoms with Gasteiger partial charge in [0.05, 0.1) is 7.11 Å². The van der Waals surface area contributed by atoms with E-state index in [1.54, 1.807) is 12.1 Å². The molecule has 1 aromatic carbocycles. The van der Waals surface area contributed by atoms with Crippen molar-refractivity contribution in [3.8, 4) is 0 Å². The Morgan fingerprint density at radius 2 is 1.94 bits per heavy atom. The number of hydrogen-bond acceptors (Lipinski definition) is 4. The molecule has 0 saturated heterocycles. The van der Waals surface area contributed by atoms with E-state index in [0.717, 1.165) is 11.1 Å². The Bertz CT molecular complexity index is 387. The summed E-state index contributed by atoms with van der Waals surface area (Å²) in [5.74, 6) is -0.839. The summed E-state index contributed by atoms with van der Waals surface area (Å²) in [6, 6.07) is 5.35. The third-order valence-electron chi connectivity index (χ3n) is 2.71. The zero-order valence-corrected chi connectivity index (χ0v) is 9.60. The van der Waals surface area contributed by atoms with Crippen LogP contribution in [0.4, 0.5) is 0 Å². The molecule has 0 bridgehead atoms. The van der Waals surface area contributed by atoms with Gasteiger partial charge in [-0.3, -0.25) is 0 Å². The molecule has 0 heterocycles. The van der Waals surface area contributed by atoms with E-state index in [1.807, 2.05) is 19.9 Å². The first-order valence-electron chi connectivity index (χ1n) is 4.99. The summed E-state index contributed by atoms with van der Waals surface area (Å²) in [5.41, 5.74) is 2.39. The molecule has 1 aromatic rings. The van der Waals surface area contributed by atoms with Crippen LogP contribution < -0.4 is 0 Å². The number of aliphatic hydroxyl groups is 2. The fourth-order valence-electron chi connectivity index (χ4n) is 1.51. The fourth-order valence-corrected chi connectivity index (χ4v) is 1.51. The number of esters is 1. The minimum Gasteiger partial charge on any atom is -0.467 e. The van der Waals surface area contributed by atoms with Gasteiger partial charge in [0.15, 0.2) is 6.10 Å². The molecular weight excluding hydrogens is 208 g/mol. The Morgan fingerprint density at radius 1 is 1.31 bits per heavy atom. The van der Waals surface area contributed by atoms with E-state index in [1.165, 1.54) is 7.11 Å². The van der Waals surface area contributed by atoms with Crippen LogP contribution in [0.25, 0.3) is 0 Å². The Hall–Kier alpha value is -1.39. The molecule has 0 radical (unpaired) electrons. The molecule has 0 saturated carbocycles. The van der Waals surface area contributed by atoms with Crippen molar-refractivity contribution in [2.75, 3.05) is 7.11 Å². The van der Waals surface area contributed by atoms with Crippen LogP contribution in [-0.2, 0) is 9.53 Å². The largest absolute Gasteiger partial charge is 0.467 e. The quantitative estimate of drug-likeness (QED) is 0.748. The highest BCUT2D eigenvalue weighted by atomic mass is 16.5. The van der Waals surface area contributed by atoms with Crippen molar-refractivity contribution in [2.24, 2.45) is 0 Å². The molecule has 4 nitrogen and oxygen atoms in total. The van der Waals surface area contributed by atoms with Crippen LogP contribution in [0, 0.1) is 13.8 Å². The molecule has 2 atom stereocenters. The molecule has 0 aliphatic heterocycles. The van der Waals surface area contributed by atoms with Crippen molar-refractivity contribution in [3.63, 3.8) is 0 Å². The number of methoxy groups -OCH3 is 1. The second-order valence-corrected chi connectivity index (χ2v) is 3.70. The molecule has 0 aromatic heterocycles. The number of aryl methyl sites for hydroxylation is 1. The van der Waals surface area contributed by atoms with Gasteiger partial charge in [0.25, 0.3) is 0 Å². The highest BCUT2D eigenvalue weighted by molar-refractivity contribution is 5.75. The molecular formula is C12H16O4. The van der Waals surface area contributed by atoms with Crippen LogP contribution in [0.15, 0.2) is 18.2 Å². The maximum absolute atomic E-state index is 11.1. The second-order valence-electron chi connectivity index (χ2n) is 3.70. The van der Waals surface area contributed by atoms with Gasteiger partial charge in [0.2, 0.25) is 0 Å². The summed E-state index contributed by atoms with van der Waals surface area (Å²) >= 11 is 0. The van der Waals surface area contributed by atoms with E-state index >= 15 is 0 Å². The summed E-state index contributed by atoms with van der Waals surface area (Å²) in [6.45, 7) is 3.73. The monoisotopic (exact) mass is 224 g/mol. The molecule has 4 heteroatoms. The van der Waals surface area contributed by atoms with Crippen LogP contribution in [0.5, 0.6) is 0 Å². The van der Waals surface area contributed by atoms with Gasteiger partial charge in [0.1, 0.15) is 6.10 Å². The predicted octanol–water partition coefficient (Wildman–Crippen LogP) is 0.871. The van der Waals surface area contributed by atoms with Crippen LogP contribution in [0.2, 0.25) is 0 Å². The number of benzene rings is 1. The van der Waals surface area contributed by atoms with E-state index in [-0.39, 0.29) is 0 Å². The molecule has 0 spiro atoms. The average Bonchev–Trinajstić information content (AvgIpc) is 2.29. The van der Waals surface area contributed by atoms with Gasteiger partial charge >= 0.3 is 5.97 Å². The van der Waals surface area contributed by atoms with E-state index in [9.17, 15) is 15.0 Å². The highest BCUT2D eigenvalue weighted by Crippen LogP contribution is 2.23. The summed E-state index contributed by atoms with van der Waals surface area (Å²) in [4.78, 5) is 11.1. The molecule has 0 fully saturated rings. The SMILES string of the molecule is COC(=O)C(O)C(O)c1cccc(C)c1C. The average molecular weight is 224 g/mol. The minimum atomic E-state index is -1.55. The predicted molar refractivity (Wildman–Crippen MR) is 58.9 cm³/mol. The number of hydrogen-bond donors (Lipinski definition) is 2. The van der Waals surface area contributed by atoms with Crippen molar-refractivity contribution >= 4 is 5.97 Å². The summed E-state index contributed by atoms with van der Waals surface area (Å²) in [7, 11) is 1.17. The maximum Gasteiger partial charge on any atom is 0.337 e. The lowest BCUT2D eigenvalue weighted by Crippen LogP contribution is -2.29. The van der Waals surface area contributed by atoms with Crippen molar-refractivity contribution in [1.29, 1.82) is 0 Å². The number of carbonyl (C=O) groups excluding carboxylic acids is 1. The smallest absolute Gasteiger partial charge is 0.337 e. The van der Waals surface area contributed by atoms with Crippen LogP contribution in [0.1, 0.15) is 22.8 Å². The summed E-state index contributed by atoms with van der Waals surface area (Å²) in [5, 5.41) is 19.4. The molecule has 0 amide bonds. The van der Waals surface area contributed by atoms with Crippen LogP contribution in [-0.4, -0.2) is 29.4 Å². The lowest BCUT2D eigenvalue weighted by atomic mass is 9.96. The number of carbonyl (C=O) groups is 1. The van der Waals surface area contributed by atoms with Gasteiger partial charge in [-0.15, -0.1) is 0 Å². The third kappa shape index (κ3) is 2.40. The number of ether oxygens (including phenoxy) is 1. The normalized spacial score (nSPS) is 14.3. The van der Waals surface area contributed by atoms with E-state index in [4.69, 9.17) is 0 Å². The van der Waals surface area contributed by atoms with Crippen LogP contribution >= 0.6 is 0 Å². The first-order chi connectivity index (χ1) is 7.49. The second kappa shape index (κ2) is 5.09. The highest BCUT2D eigenvalue weighted by Gasteiger charge is 2.27. The van der Waals surface area contributed by atoms with Gasteiger partial charge in [-0.1, -0.05) is 18.2 Å². The maximum atomic E-state index is 11.1. The molecule has 2 unspecified atom stereocenters. The van der Waals surface area contributed by atoms with Crippen molar-refractivity contribution < 1.29 is 19.7 Å². The first kappa shape index (κ1) is 12.7. The van der Waals surface area contributed by atoms with Crippen molar-refractivity contribution in [2.45, 2.75) is 26.1 Å². The summed E-state index contributed by atoms with van der Waals surface area (Å²) in [6.07, 6.45) is -2.81. The van der Waals surface area contributed by atoms with E-state index in [0.29, 0.717) is 5.56 Å². The zero-order valence-electron chi connectivity index (χ0n) is 9.60. The van der Waals surface area contributed by atoms with Gasteiger partial charge in [-0.25, -0.2) is 4.79 Å². The Kier molecular flexibility index (Phi) is 4.04. The van der Waals surface area contributed by atoms with Crippen LogP contribution in [0.3, 0.4) is 0 Å². The molecule has 16 heavy (non-hydrogen) atoms. The van der Waals surface area contributed by atoms with Crippen molar-refractivity contribution in [1.82, 2.24) is 0 Å². The number of aliphatic hydroxyl groups excluding tert-OH is 2. The molecule has 1 rings (SSSR count). The Balaban J connectivity index is 3.00. The zero-order chi connectivity index (χ0) is 12.3. The third-order valence-corrected chi connectivity index (χ3v) is 2.71. The molecule has 88 valence electrons. The Morgan fingerprint density at radius 3 is 2.50 bits per heavy atom. The van der Waals surface area contributed by atoms with E-state index < -0.39 is 18.2 Å². The van der Waals surface area contributed by atoms with Gasteiger partial charge in [0, 0.05) is 0 Å². The topological polar surface area (TPSA) is 66.8 Å². The Labute approximate surface area is 94.5 Å². The summed E-state index contributed by atoms with van der Waals surface area (Å²) < 4.78 is 4.38. The van der Waals surface area contributed by atoms with Gasteiger partial charge in [-0.2, -0.15) is 0 Å². The fraction of sp³-hybridized carbons (Fsp3) is 0.417. The lowest BCUT2D eigenvalue weighted by Gasteiger charge is -2.18. The van der Waals surface area contributed by atoms with E-state index in [2.05, 4.69) is 4.74 Å². The lowest BCUT2D eigenvalue weighted by molar-refractivity contribution is -0.156. The van der Waals surface area contributed by atoms with Gasteiger partial charge < -0.3 is 14.9 Å². The first-order valence-corrected chi connectivity index (χ1v) is 4.99. The minimum absolute atomic E-state index is 0.540. The molecule has 0 aliphatic carbocycles. The van der Waals surface area contributed by atoms with Crippen molar-refractivity contribution in [3.05, 3.63) is 34.9 Å². The molecule has 2 N–H and O–H groups in total.